The van der Waals surface area contributed by atoms with Crippen molar-refractivity contribution in [1.82, 2.24) is 10.3 Å². The fraction of sp³-hybridized carbons (Fsp3) is 0.240. The minimum absolute atomic E-state index is 0.0199. The molecular formula is C25H18Cl2F5N3O2. The van der Waals surface area contributed by atoms with E-state index in [0.717, 1.165) is 18.2 Å². The number of nitrogens with zero attached hydrogens (tertiary/aromatic N) is 2. The normalized spacial score (nSPS) is 17.8. The second-order valence-corrected chi connectivity index (χ2v) is 9.27. The summed E-state index contributed by atoms with van der Waals surface area (Å²) >= 11 is 11.8. The molecule has 1 aromatic heterocycles. The van der Waals surface area contributed by atoms with Gasteiger partial charge in [-0.1, -0.05) is 46.6 Å². The second kappa shape index (κ2) is 9.90. The lowest BCUT2D eigenvalue weighted by Crippen LogP contribution is -2.42. The number of pyridine rings is 1. The van der Waals surface area contributed by atoms with Crippen LogP contribution < -0.4 is 5.32 Å². The highest BCUT2D eigenvalue weighted by atomic mass is 35.5. The smallest absolute Gasteiger partial charge is 0.374 e. The highest BCUT2D eigenvalue weighted by Gasteiger charge is 2.62. The number of hydrogen-bond acceptors (Lipinski definition) is 4. The largest absolute Gasteiger partial charge is 0.435 e. The van der Waals surface area contributed by atoms with Crippen molar-refractivity contribution in [2.75, 3.05) is 0 Å². The third-order valence-corrected chi connectivity index (χ3v) is 6.29. The quantitative estimate of drug-likeness (QED) is 0.343. The summed E-state index contributed by atoms with van der Waals surface area (Å²) in [6.07, 6.45) is -4.18. The monoisotopic (exact) mass is 557 g/mol. The number of hydrogen-bond donors (Lipinski definition) is 1. The van der Waals surface area contributed by atoms with E-state index < -0.39 is 35.6 Å². The van der Waals surface area contributed by atoms with Crippen molar-refractivity contribution in [3.8, 4) is 0 Å². The zero-order chi connectivity index (χ0) is 27.0. The number of carbonyl (C=O) groups is 1. The number of alkyl halides is 5. The van der Waals surface area contributed by atoms with Gasteiger partial charge in [0.15, 0.2) is 0 Å². The standard InChI is InChI=1S/C25H18Cl2F5N3O2/c1-14-8-15(5-6-20(14)24(28,29)22(36)34-13-19-4-2-3-7-33-19)21-12-23(37-35-21,25(30,31)32)16-9-17(26)11-18(27)10-16/h2-11H,12-13H2,1H3,(H,34,36). The van der Waals surface area contributed by atoms with Crippen LogP contribution >= 0.6 is 23.2 Å². The molecule has 0 aliphatic carbocycles. The van der Waals surface area contributed by atoms with Gasteiger partial charge < -0.3 is 10.2 Å². The highest BCUT2D eigenvalue weighted by molar-refractivity contribution is 6.34. The summed E-state index contributed by atoms with van der Waals surface area (Å²) in [7, 11) is 0. The zero-order valence-corrected chi connectivity index (χ0v) is 20.6. The SMILES string of the molecule is Cc1cc(C2=NOC(c3cc(Cl)cc(Cl)c3)(C(F)(F)F)C2)ccc1C(F)(F)C(=O)NCc1ccccn1. The topological polar surface area (TPSA) is 63.6 Å². The first kappa shape index (κ1) is 26.8. The van der Waals surface area contributed by atoms with Crippen LogP contribution in [-0.2, 0) is 27.7 Å². The van der Waals surface area contributed by atoms with Gasteiger partial charge in [-0.15, -0.1) is 0 Å². The van der Waals surface area contributed by atoms with Crippen molar-refractivity contribution in [2.24, 2.45) is 5.16 Å². The molecule has 3 aromatic rings. The lowest BCUT2D eigenvalue weighted by molar-refractivity contribution is -0.275. The van der Waals surface area contributed by atoms with Crippen LogP contribution in [0.1, 0.15) is 34.4 Å². The predicted octanol–water partition coefficient (Wildman–Crippen LogP) is 6.69. The summed E-state index contributed by atoms with van der Waals surface area (Å²) < 4.78 is 72.5. The maximum atomic E-state index is 14.9. The third kappa shape index (κ3) is 5.26. The van der Waals surface area contributed by atoms with Gasteiger partial charge in [0, 0.05) is 33.8 Å². The number of rotatable bonds is 6. The molecule has 2 heterocycles. The molecule has 1 atom stereocenters. The van der Waals surface area contributed by atoms with Crippen LogP contribution in [0.2, 0.25) is 10.0 Å². The molecule has 0 bridgehead atoms. The Hall–Kier alpha value is -3.24. The van der Waals surface area contributed by atoms with Crippen molar-refractivity contribution in [1.29, 1.82) is 0 Å². The van der Waals surface area contributed by atoms with Crippen LogP contribution in [0.3, 0.4) is 0 Å². The molecule has 2 aromatic carbocycles. The second-order valence-electron chi connectivity index (χ2n) is 8.40. The molecule has 0 saturated carbocycles. The molecule has 4 rings (SSSR count). The molecule has 37 heavy (non-hydrogen) atoms. The minimum Gasteiger partial charge on any atom is -0.374 e. The van der Waals surface area contributed by atoms with E-state index in [-0.39, 0.29) is 39.0 Å². The predicted molar refractivity (Wildman–Crippen MR) is 128 cm³/mol. The molecule has 5 nitrogen and oxygen atoms in total. The minimum atomic E-state index is -4.90. The van der Waals surface area contributed by atoms with Crippen molar-refractivity contribution >= 4 is 34.8 Å². The van der Waals surface area contributed by atoms with Gasteiger partial charge in [0.2, 0.25) is 0 Å². The number of benzene rings is 2. The van der Waals surface area contributed by atoms with E-state index in [2.05, 4.69) is 15.5 Å². The first-order valence-electron chi connectivity index (χ1n) is 10.8. The molecular weight excluding hydrogens is 540 g/mol. The lowest BCUT2D eigenvalue weighted by atomic mass is 9.86. The zero-order valence-electron chi connectivity index (χ0n) is 19.0. The van der Waals surface area contributed by atoms with Crippen LogP contribution in [0.4, 0.5) is 22.0 Å². The number of amides is 1. The Bertz CT molecular complexity index is 1350. The van der Waals surface area contributed by atoms with Crippen LogP contribution in [-0.4, -0.2) is 22.8 Å². The van der Waals surface area contributed by atoms with Gasteiger partial charge >= 0.3 is 12.1 Å². The molecule has 0 saturated heterocycles. The van der Waals surface area contributed by atoms with Gasteiger partial charge in [-0.05, 0) is 54.4 Å². The number of aryl methyl sites for hydroxylation is 1. The van der Waals surface area contributed by atoms with Crippen LogP contribution in [0.25, 0.3) is 0 Å². The van der Waals surface area contributed by atoms with Gasteiger partial charge in [-0.3, -0.25) is 9.78 Å². The van der Waals surface area contributed by atoms with E-state index in [1.807, 2.05) is 0 Å². The van der Waals surface area contributed by atoms with Gasteiger partial charge in [-0.25, -0.2) is 0 Å². The average Bonchev–Trinajstić information content (AvgIpc) is 3.29. The average molecular weight is 558 g/mol. The van der Waals surface area contributed by atoms with E-state index in [9.17, 15) is 26.7 Å². The number of aromatic nitrogens is 1. The number of nitrogens with one attached hydrogen (secondary N) is 1. The number of carbonyl (C=O) groups excluding carboxylic acids is 1. The van der Waals surface area contributed by atoms with Gasteiger partial charge in [0.25, 0.3) is 11.5 Å². The number of halogens is 7. The number of oxime groups is 1. The Morgan fingerprint density at radius 3 is 2.35 bits per heavy atom. The van der Waals surface area contributed by atoms with Crippen LogP contribution in [0.5, 0.6) is 0 Å². The van der Waals surface area contributed by atoms with Crippen molar-refractivity contribution in [3.63, 3.8) is 0 Å². The fourth-order valence-corrected chi connectivity index (χ4v) is 4.47. The highest BCUT2D eigenvalue weighted by Crippen LogP contribution is 2.50. The molecule has 1 aliphatic heterocycles. The summed E-state index contributed by atoms with van der Waals surface area (Å²) in [5.41, 5.74) is -3.42. The molecule has 12 heteroatoms. The van der Waals surface area contributed by atoms with Crippen molar-refractivity contribution in [3.05, 3.63) is 98.8 Å². The van der Waals surface area contributed by atoms with Gasteiger partial charge in [-0.2, -0.15) is 22.0 Å². The Labute approximate surface area is 218 Å². The summed E-state index contributed by atoms with van der Waals surface area (Å²) in [4.78, 5) is 21.2. The molecule has 0 radical (unpaired) electrons. The van der Waals surface area contributed by atoms with Crippen molar-refractivity contribution < 1.29 is 31.6 Å². The fourth-order valence-electron chi connectivity index (χ4n) is 3.95. The molecule has 194 valence electrons. The molecule has 1 aliphatic rings. The lowest BCUT2D eigenvalue weighted by Gasteiger charge is -2.29. The molecule has 1 amide bonds. The summed E-state index contributed by atoms with van der Waals surface area (Å²) in [5.74, 6) is -5.44. The summed E-state index contributed by atoms with van der Waals surface area (Å²) in [5, 5.41) is 5.73. The summed E-state index contributed by atoms with van der Waals surface area (Å²) in [6, 6.07) is 11.7. The molecule has 0 spiro atoms. The molecule has 1 unspecified atom stereocenters. The Morgan fingerprint density at radius 2 is 1.76 bits per heavy atom. The Balaban J connectivity index is 1.57. The van der Waals surface area contributed by atoms with Crippen molar-refractivity contribution in [2.45, 2.75) is 37.6 Å². The summed E-state index contributed by atoms with van der Waals surface area (Å²) in [6.45, 7) is 1.12. The first-order valence-corrected chi connectivity index (χ1v) is 11.5. The van der Waals surface area contributed by atoms with E-state index in [1.54, 1.807) is 18.2 Å². The maximum Gasteiger partial charge on any atom is 0.435 e. The van der Waals surface area contributed by atoms with Gasteiger partial charge in [0.05, 0.1) is 18.0 Å². The first-order chi connectivity index (χ1) is 17.3. The van der Waals surface area contributed by atoms with E-state index in [4.69, 9.17) is 28.0 Å². The van der Waals surface area contributed by atoms with Crippen LogP contribution in [0, 0.1) is 6.92 Å². The Kier molecular flexibility index (Phi) is 7.18. The van der Waals surface area contributed by atoms with Crippen LogP contribution in [0.15, 0.2) is 65.9 Å². The van der Waals surface area contributed by atoms with Gasteiger partial charge in [0.1, 0.15) is 0 Å². The maximum absolute atomic E-state index is 14.9. The third-order valence-electron chi connectivity index (χ3n) is 5.85. The van der Waals surface area contributed by atoms with E-state index in [0.29, 0.717) is 5.69 Å². The molecule has 1 N–H and O–H groups in total. The Morgan fingerprint density at radius 1 is 1.05 bits per heavy atom. The van der Waals surface area contributed by atoms with E-state index in [1.165, 1.54) is 31.3 Å². The molecule has 0 fully saturated rings. The van der Waals surface area contributed by atoms with E-state index >= 15 is 0 Å².